The highest BCUT2D eigenvalue weighted by Gasteiger charge is 2.28. The summed E-state index contributed by atoms with van der Waals surface area (Å²) in [7, 11) is 7.01. The van der Waals surface area contributed by atoms with E-state index in [1.807, 2.05) is 42.5 Å². The number of carbonyl (C=O) groups is 1. The summed E-state index contributed by atoms with van der Waals surface area (Å²) in [5.41, 5.74) is 3.99. The molecule has 172 valence electrons. The Balaban J connectivity index is 1.64. The molecule has 0 saturated carbocycles. The van der Waals surface area contributed by atoms with Crippen molar-refractivity contribution < 1.29 is 23.7 Å². The van der Waals surface area contributed by atoms with Gasteiger partial charge in [0, 0.05) is 12.6 Å². The van der Waals surface area contributed by atoms with E-state index in [0.29, 0.717) is 22.8 Å². The standard InChI is InChI=1S/C27H29NO5/c1-28-13-12-20-16-26(33-27(29)19-8-6-5-7-9-19)25(32-4)17-21(20)22(28)14-18-10-11-23(30-2)24(15-18)31-3/h5-11,15-17,22H,12-14H2,1-4H3. The summed E-state index contributed by atoms with van der Waals surface area (Å²) < 4.78 is 22.2. The number of methoxy groups -OCH3 is 3. The maximum Gasteiger partial charge on any atom is 0.343 e. The third-order valence-electron chi connectivity index (χ3n) is 6.14. The van der Waals surface area contributed by atoms with Crippen LogP contribution < -0.4 is 18.9 Å². The predicted molar refractivity (Wildman–Crippen MR) is 127 cm³/mol. The van der Waals surface area contributed by atoms with Crippen molar-refractivity contribution in [3.05, 3.63) is 82.9 Å². The van der Waals surface area contributed by atoms with Crippen molar-refractivity contribution in [2.45, 2.75) is 18.9 Å². The fourth-order valence-electron chi connectivity index (χ4n) is 4.30. The molecule has 0 radical (unpaired) electrons. The lowest BCUT2D eigenvalue weighted by Gasteiger charge is -2.35. The monoisotopic (exact) mass is 447 g/mol. The molecule has 0 aromatic heterocycles. The lowest BCUT2D eigenvalue weighted by Crippen LogP contribution is -2.33. The molecule has 3 aromatic carbocycles. The van der Waals surface area contributed by atoms with Crippen LogP contribution in [0.25, 0.3) is 0 Å². The molecule has 0 fully saturated rings. The van der Waals surface area contributed by atoms with E-state index < -0.39 is 5.97 Å². The van der Waals surface area contributed by atoms with E-state index in [1.165, 1.54) is 5.56 Å². The lowest BCUT2D eigenvalue weighted by atomic mass is 9.88. The average Bonchev–Trinajstić information content (AvgIpc) is 2.85. The molecular formula is C27H29NO5. The summed E-state index contributed by atoms with van der Waals surface area (Å²) in [5.74, 6) is 2.02. The van der Waals surface area contributed by atoms with Crippen LogP contribution in [0.3, 0.4) is 0 Å². The van der Waals surface area contributed by atoms with Gasteiger partial charge in [0.2, 0.25) is 0 Å². The van der Waals surface area contributed by atoms with Crippen molar-refractivity contribution in [2.24, 2.45) is 0 Å². The van der Waals surface area contributed by atoms with Crippen molar-refractivity contribution in [2.75, 3.05) is 34.9 Å². The van der Waals surface area contributed by atoms with E-state index in [1.54, 1.807) is 33.5 Å². The number of benzene rings is 3. The van der Waals surface area contributed by atoms with Gasteiger partial charge in [-0.2, -0.15) is 0 Å². The van der Waals surface area contributed by atoms with Gasteiger partial charge in [0.1, 0.15) is 0 Å². The van der Waals surface area contributed by atoms with Crippen LogP contribution in [0.15, 0.2) is 60.7 Å². The Morgan fingerprint density at radius 2 is 1.58 bits per heavy atom. The van der Waals surface area contributed by atoms with Gasteiger partial charge in [-0.05, 0) is 73.0 Å². The first kappa shape index (κ1) is 22.7. The summed E-state index contributed by atoms with van der Waals surface area (Å²) in [6, 6.07) is 19.1. The van der Waals surface area contributed by atoms with Crippen molar-refractivity contribution >= 4 is 5.97 Å². The topological polar surface area (TPSA) is 57.2 Å². The number of hydrogen-bond donors (Lipinski definition) is 0. The normalized spacial score (nSPS) is 15.5. The summed E-state index contributed by atoms with van der Waals surface area (Å²) in [6.07, 6.45) is 1.67. The van der Waals surface area contributed by atoms with E-state index >= 15 is 0 Å². The first-order chi connectivity index (χ1) is 16.0. The molecule has 0 N–H and O–H groups in total. The Hall–Kier alpha value is -3.51. The largest absolute Gasteiger partial charge is 0.493 e. The van der Waals surface area contributed by atoms with Crippen LogP contribution in [0.4, 0.5) is 0 Å². The summed E-state index contributed by atoms with van der Waals surface area (Å²) >= 11 is 0. The van der Waals surface area contributed by atoms with E-state index in [2.05, 4.69) is 18.0 Å². The highest BCUT2D eigenvalue weighted by Crippen LogP contribution is 2.40. The van der Waals surface area contributed by atoms with Gasteiger partial charge in [-0.3, -0.25) is 4.90 Å². The molecule has 1 heterocycles. The predicted octanol–water partition coefficient (Wildman–Crippen LogP) is 4.70. The summed E-state index contributed by atoms with van der Waals surface area (Å²) in [5, 5.41) is 0. The fraction of sp³-hybridized carbons (Fsp3) is 0.296. The molecule has 1 unspecified atom stereocenters. The molecule has 1 aliphatic rings. The molecule has 6 heteroatoms. The number of rotatable bonds is 7. The molecular weight excluding hydrogens is 418 g/mol. The van der Waals surface area contributed by atoms with Crippen molar-refractivity contribution in [1.82, 2.24) is 4.90 Å². The second kappa shape index (κ2) is 9.96. The van der Waals surface area contributed by atoms with Gasteiger partial charge in [-0.1, -0.05) is 24.3 Å². The van der Waals surface area contributed by atoms with Gasteiger partial charge in [0.25, 0.3) is 0 Å². The second-order valence-corrected chi connectivity index (χ2v) is 8.10. The van der Waals surface area contributed by atoms with Gasteiger partial charge in [0.15, 0.2) is 23.0 Å². The molecule has 0 amide bonds. The van der Waals surface area contributed by atoms with Crippen molar-refractivity contribution in [3.63, 3.8) is 0 Å². The molecule has 4 rings (SSSR count). The van der Waals surface area contributed by atoms with E-state index in [-0.39, 0.29) is 6.04 Å². The number of ether oxygens (including phenoxy) is 4. The first-order valence-electron chi connectivity index (χ1n) is 10.9. The minimum Gasteiger partial charge on any atom is -0.493 e. The zero-order valence-corrected chi connectivity index (χ0v) is 19.5. The van der Waals surface area contributed by atoms with E-state index in [4.69, 9.17) is 18.9 Å². The molecule has 0 spiro atoms. The Kier molecular flexibility index (Phi) is 6.84. The molecule has 0 bridgehead atoms. The van der Waals surface area contributed by atoms with Crippen LogP contribution in [0.5, 0.6) is 23.0 Å². The number of nitrogens with zero attached hydrogens (tertiary/aromatic N) is 1. The number of esters is 1. The lowest BCUT2D eigenvalue weighted by molar-refractivity contribution is 0.0729. The molecule has 3 aromatic rings. The minimum absolute atomic E-state index is 0.152. The number of likely N-dealkylation sites (N-methyl/N-ethyl adjacent to an activating group) is 1. The molecule has 0 saturated heterocycles. The highest BCUT2D eigenvalue weighted by molar-refractivity contribution is 5.91. The summed E-state index contributed by atoms with van der Waals surface area (Å²) in [6.45, 7) is 0.906. The zero-order valence-electron chi connectivity index (χ0n) is 19.5. The van der Waals surface area contributed by atoms with Crippen LogP contribution in [0, 0.1) is 0 Å². The third-order valence-corrected chi connectivity index (χ3v) is 6.14. The summed E-state index contributed by atoms with van der Waals surface area (Å²) in [4.78, 5) is 15.0. The molecule has 1 atom stereocenters. The Morgan fingerprint density at radius 1 is 0.879 bits per heavy atom. The van der Waals surface area contributed by atoms with Gasteiger partial charge in [0.05, 0.1) is 26.9 Å². The molecule has 1 aliphatic heterocycles. The average molecular weight is 448 g/mol. The fourth-order valence-corrected chi connectivity index (χ4v) is 4.30. The van der Waals surface area contributed by atoms with Crippen molar-refractivity contribution in [3.8, 4) is 23.0 Å². The highest BCUT2D eigenvalue weighted by atomic mass is 16.6. The number of carbonyl (C=O) groups excluding carboxylic acids is 1. The maximum absolute atomic E-state index is 12.6. The Bertz CT molecular complexity index is 1130. The van der Waals surface area contributed by atoms with Gasteiger partial charge in [-0.15, -0.1) is 0 Å². The van der Waals surface area contributed by atoms with Crippen LogP contribution in [-0.4, -0.2) is 45.8 Å². The first-order valence-corrected chi connectivity index (χ1v) is 10.9. The van der Waals surface area contributed by atoms with Gasteiger partial charge in [-0.25, -0.2) is 4.79 Å². The molecule has 33 heavy (non-hydrogen) atoms. The van der Waals surface area contributed by atoms with Crippen LogP contribution >= 0.6 is 0 Å². The van der Waals surface area contributed by atoms with Crippen molar-refractivity contribution in [1.29, 1.82) is 0 Å². The second-order valence-electron chi connectivity index (χ2n) is 8.10. The number of fused-ring (bicyclic) bond motifs is 1. The molecule has 6 nitrogen and oxygen atoms in total. The third kappa shape index (κ3) is 4.81. The minimum atomic E-state index is -0.399. The van der Waals surface area contributed by atoms with Gasteiger partial charge < -0.3 is 18.9 Å². The van der Waals surface area contributed by atoms with Gasteiger partial charge >= 0.3 is 5.97 Å². The van der Waals surface area contributed by atoms with Crippen LogP contribution in [-0.2, 0) is 12.8 Å². The Morgan fingerprint density at radius 3 is 2.27 bits per heavy atom. The van der Waals surface area contributed by atoms with Crippen LogP contribution in [0.2, 0.25) is 0 Å². The smallest absolute Gasteiger partial charge is 0.343 e. The van der Waals surface area contributed by atoms with Crippen LogP contribution in [0.1, 0.15) is 33.1 Å². The SMILES string of the molecule is COc1ccc(CC2c3cc(OC)c(OC(=O)c4ccccc4)cc3CCN2C)cc1OC. The quantitative estimate of drug-likeness (QED) is 0.386. The Labute approximate surface area is 194 Å². The maximum atomic E-state index is 12.6. The molecule has 0 aliphatic carbocycles. The zero-order chi connectivity index (χ0) is 23.4. The van der Waals surface area contributed by atoms with E-state index in [0.717, 1.165) is 36.3 Å². The van der Waals surface area contributed by atoms with E-state index in [9.17, 15) is 4.79 Å². The number of hydrogen-bond acceptors (Lipinski definition) is 6.